The van der Waals surface area contributed by atoms with Gasteiger partial charge in [-0.3, -0.25) is 0 Å². The van der Waals surface area contributed by atoms with E-state index in [4.69, 9.17) is 9.47 Å². The van der Waals surface area contributed by atoms with E-state index in [1.54, 1.807) is 24.3 Å². The molecule has 3 N–H and O–H groups in total. The smallest absolute Gasteiger partial charge is 0.346 e. The lowest BCUT2D eigenvalue weighted by Crippen LogP contribution is -2.43. The Bertz CT molecular complexity index is 650. The van der Waals surface area contributed by atoms with Crippen molar-refractivity contribution >= 4 is 23.0 Å². The number of esters is 2. The van der Waals surface area contributed by atoms with E-state index in [1.165, 1.54) is 0 Å². The van der Waals surface area contributed by atoms with Crippen LogP contribution in [0.3, 0.4) is 0 Å². The minimum Gasteiger partial charge on any atom is -0.464 e. The second-order valence-corrected chi connectivity index (χ2v) is 4.89. The number of aliphatic hydroxyl groups excluding tert-OH is 2. The average Bonchev–Trinajstić information content (AvgIpc) is 2.95. The van der Waals surface area contributed by atoms with E-state index in [9.17, 15) is 19.8 Å². The molecule has 0 bridgehead atoms. The molecule has 0 saturated heterocycles. The van der Waals surface area contributed by atoms with Gasteiger partial charge >= 0.3 is 17.9 Å². The van der Waals surface area contributed by atoms with E-state index in [0.29, 0.717) is 17.5 Å². The fraction of sp³-hybridized carbons (Fsp3) is 0.400. The summed E-state index contributed by atoms with van der Waals surface area (Å²) in [6, 6.07) is 6.84. The van der Waals surface area contributed by atoms with Crippen molar-refractivity contribution < 1.29 is 29.3 Å². The maximum Gasteiger partial charge on any atom is 0.346 e. The lowest BCUT2D eigenvalue weighted by Gasteiger charge is -2.14. The van der Waals surface area contributed by atoms with Crippen molar-refractivity contribution in [1.82, 2.24) is 9.97 Å². The molecule has 2 unspecified atom stereocenters. The Hall–Kier alpha value is -2.45. The zero-order chi connectivity index (χ0) is 16.8. The lowest BCUT2D eigenvalue weighted by atomic mass is 10.2. The number of nitrogens with one attached hydrogen (secondary N) is 1. The van der Waals surface area contributed by atoms with Crippen LogP contribution in [0.15, 0.2) is 24.3 Å². The quantitative estimate of drug-likeness (QED) is 0.502. The highest BCUT2D eigenvalue weighted by molar-refractivity contribution is 5.86. The molecule has 2 atom stereocenters. The molecule has 0 radical (unpaired) electrons. The van der Waals surface area contributed by atoms with Gasteiger partial charge in [0.2, 0.25) is 0 Å². The Morgan fingerprint density at radius 3 is 2.61 bits per heavy atom. The van der Waals surface area contributed by atoms with Gasteiger partial charge < -0.3 is 24.7 Å². The molecule has 0 saturated carbocycles. The predicted octanol–water partition coefficient (Wildman–Crippen LogP) is 0.533. The summed E-state index contributed by atoms with van der Waals surface area (Å²) in [7, 11) is 0. The largest absolute Gasteiger partial charge is 0.464 e. The molecule has 2 aromatic rings. The second-order valence-electron chi connectivity index (χ2n) is 4.89. The van der Waals surface area contributed by atoms with Gasteiger partial charge in [0, 0.05) is 0 Å². The number of hydrogen-bond acceptors (Lipinski definition) is 7. The van der Waals surface area contributed by atoms with Gasteiger partial charge in [-0.25, -0.2) is 9.59 Å². The van der Waals surface area contributed by atoms with Gasteiger partial charge in [0.25, 0.3) is 0 Å². The van der Waals surface area contributed by atoms with Crippen molar-refractivity contribution in [2.24, 2.45) is 0 Å². The molecule has 1 aromatic heterocycles. The first-order valence-corrected chi connectivity index (χ1v) is 7.22. The van der Waals surface area contributed by atoms with Crippen molar-refractivity contribution in [3.63, 3.8) is 0 Å². The second kappa shape index (κ2) is 7.70. The van der Waals surface area contributed by atoms with E-state index in [-0.39, 0.29) is 12.6 Å². The molecule has 1 heterocycles. The van der Waals surface area contributed by atoms with Crippen LogP contribution in [0, 0.1) is 0 Å². The van der Waals surface area contributed by atoms with E-state index in [1.807, 2.05) is 6.92 Å². The van der Waals surface area contributed by atoms with Gasteiger partial charge in [0.05, 0.1) is 17.6 Å². The van der Waals surface area contributed by atoms with Crippen LogP contribution < -0.4 is 4.74 Å². The number of carbonyl (C=O) groups excluding carboxylic acids is 2. The number of H-pyrrole nitrogens is 1. The van der Waals surface area contributed by atoms with Crippen LogP contribution >= 0.6 is 0 Å². The molecule has 2 rings (SSSR count). The molecule has 124 valence electrons. The van der Waals surface area contributed by atoms with Crippen LogP contribution in [-0.4, -0.2) is 50.9 Å². The standard InChI is InChI=1S/C15H18N2O6/c1-2-3-8-22-13(20)11(18)12(19)14(21)23-15-16-9-6-4-5-7-10(9)17-15/h4-7,11-12,18-19H,2-3,8H2,1H3,(H,16,17). The minimum absolute atomic E-state index is 0.109. The molecule has 0 spiro atoms. The first-order chi connectivity index (χ1) is 11.0. The summed E-state index contributed by atoms with van der Waals surface area (Å²) in [6.45, 7) is 2.02. The molecule has 0 fully saturated rings. The third-order valence-electron chi connectivity index (χ3n) is 3.09. The fourth-order valence-corrected chi connectivity index (χ4v) is 1.79. The number of benzene rings is 1. The van der Waals surface area contributed by atoms with E-state index >= 15 is 0 Å². The fourth-order valence-electron chi connectivity index (χ4n) is 1.79. The number of unbranched alkanes of at least 4 members (excludes halogenated alkanes) is 1. The third kappa shape index (κ3) is 4.27. The molecule has 0 aliphatic rings. The Morgan fingerprint density at radius 2 is 1.91 bits per heavy atom. The Labute approximate surface area is 132 Å². The molecule has 0 aliphatic heterocycles. The number of fused-ring (bicyclic) bond motifs is 1. The highest BCUT2D eigenvalue weighted by Gasteiger charge is 2.33. The monoisotopic (exact) mass is 322 g/mol. The van der Waals surface area contributed by atoms with E-state index in [0.717, 1.165) is 6.42 Å². The summed E-state index contributed by atoms with van der Waals surface area (Å²) in [6.07, 6.45) is -2.64. The molecule has 0 amide bonds. The van der Waals surface area contributed by atoms with Crippen molar-refractivity contribution in [3.05, 3.63) is 24.3 Å². The van der Waals surface area contributed by atoms with Crippen molar-refractivity contribution in [3.8, 4) is 6.01 Å². The molecule has 1 aromatic carbocycles. The maximum absolute atomic E-state index is 11.8. The van der Waals surface area contributed by atoms with Gasteiger partial charge in [0.15, 0.2) is 12.2 Å². The number of ether oxygens (including phenoxy) is 2. The first-order valence-electron chi connectivity index (χ1n) is 7.22. The molecule has 0 aliphatic carbocycles. The number of hydrogen-bond donors (Lipinski definition) is 3. The summed E-state index contributed by atoms with van der Waals surface area (Å²) in [5.74, 6) is -2.28. The van der Waals surface area contributed by atoms with Crippen molar-refractivity contribution in [2.45, 2.75) is 32.0 Å². The number of carbonyl (C=O) groups is 2. The molecule has 8 nitrogen and oxygen atoms in total. The molecule has 8 heteroatoms. The van der Waals surface area contributed by atoms with Crippen molar-refractivity contribution in [1.29, 1.82) is 0 Å². The van der Waals surface area contributed by atoms with Crippen LogP contribution in [0.5, 0.6) is 6.01 Å². The number of imidazole rings is 1. The van der Waals surface area contributed by atoms with Gasteiger partial charge in [-0.05, 0) is 18.6 Å². The number of nitrogens with zero attached hydrogens (tertiary/aromatic N) is 1. The highest BCUT2D eigenvalue weighted by atomic mass is 16.6. The first kappa shape index (κ1) is 16.9. The van der Waals surface area contributed by atoms with Crippen LogP contribution in [0.25, 0.3) is 11.0 Å². The summed E-state index contributed by atoms with van der Waals surface area (Å²) in [4.78, 5) is 30.0. The molecular weight excluding hydrogens is 304 g/mol. The Kier molecular flexibility index (Phi) is 5.67. The normalized spacial score (nSPS) is 13.5. The van der Waals surface area contributed by atoms with Crippen LogP contribution in [0.1, 0.15) is 19.8 Å². The third-order valence-corrected chi connectivity index (χ3v) is 3.09. The number of para-hydroxylation sites is 2. The predicted molar refractivity (Wildman–Crippen MR) is 79.6 cm³/mol. The van der Waals surface area contributed by atoms with Crippen molar-refractivity contribution in [2.75, 3.05) is 6.61 Å². The lowest BCUT2D eigenvalue weighted by molar-refractivity contribution is -0.168. The summed E-state index contributed by atoms with van der Waals surface area (Å²) in [5.41, 5.74) is 1.22. The zero-order valence-corrected chi connectivity index (χ0v) is 12.6. The maximum atomic E-state index is 11.8. The Morgan fingerprint density at radius 1 is 1.22 bits per heavy atom. The molecule has 23 heavy (non-hydrogen) atoms. The molecular formula is C15H18N2O6. The van der Waals surface area contributed by atoms with Gasteiger partial charge in [-0.1, -0.05) is 25.5 Å². The van der Waals surface area contributed by atoms with E-state index < -0.39 is 24.1 Å². The number of aromatic nitrogens is 2. The van der Waals surface area contributed by atoms with Crippen LogP contribution in [0.4, 0.5) is 0 Å². The van der Waals surface area contributed by atoms with Gasteiger partial charge in [-0.2, -0.15) is 4.98 Å². The summed E-state index contributed by atoms with van der Waals surface area (Å²) in [5, 5.41) is 19.3. The number of aliphatic hydroxyl groups is 2. The average molecular weight is 322 g/mol. The van der Waals surface area contributed by atoms with Gasteiger partial charge in [-0.15, -0.1) is 0 Å². The zero-order valence-electron chi connectivity index (χ0n) is 12.6. The van der Waals surface area contributed by atoms with Crippen LogP contribution in [-0.2, 0) is 14.3 Å². The Balaban J connectivity index is 1.94. The number of rotatable bonds is 7. The topological polar surface area (TPSA) is 122 Å². The summed E-state index contributed by atoms with van der Waals surface area (Å²) >= 11 is 0. The minimum atomic E-state index is -2.06. The van der Waals surface area contributed by atoms with Crippen LogP contribution in [0.2, 0.25) is 0 Å². The highest BCUT2D eigenvalue weighted by Crippen LogP contribution is 2.15. The van der Waals surface area contributed by atoms with Gasteiger partial charge in [0.1, 0.15) is 0 Å². The van der Waals surface area contributed by atoms with E-state index in [2.05, 4.69) is 9.97 Å². The SMILES string of the molecule is CCCCOC(=O)C(O)C(O)C(=O)Oc1nc2ccccc2[nH]1. The summed E-state index contributed by atoms with van der Waals surface area (Å²) < 4.78 is 9.57. The number of aromatic amines is 1.